The van der Waals surface area contributed by atoms with Gasteiger partial charge < -0.3 is 5.73 Å². The number of hydrogen-bond donors (Lipinski definition) is 1. The maximum absolute atomic E-state index is 13.5. The van der Waals surface area contributed by atoms with Crippen LogP contribution in [0.1, 0.15) is 24.4 Å². The van der Waals surface area contributed by atoms with Gasteiger partial charge in [-0.2, -0.15) is 5.10 Å². The van der Waals surface area contributed by atoms with E-state index in [9.17, 15) is 8.78 Å². The first-order valence-corrected chi connectivity index (χ1v) is 5.69. The van der Waals surface area contributed by atoms with Crippen LogP contribution in [0, 0.1) is 11.6 Å². The quantitative estimate of drug-likeness (QED) is 0.903. The smallest absolute Gasteiger partial charge is 0.162 e. The molecule has 0 aliphatic rings. The zero-order chi connectivity index (χ0) is 13.1. The molecule has 0 saturated heterocycles. The van der Waals surface area contributed by atoms with Gasteiger partial charge in [-0.3, -0.25) is 0 Å². The lowest BCUT2D eigenvalue weighted by Gasteiger charge is -2.12. The Morgan fingerprint density at radius 2 is 2.17 bits per heavy atom. The van der Waals surface area contributed by atoms with Crippen LogP contribution < -0.4 is 5.73 Å². The van der Waals surface area contributed by atoms with Crippen LogP contribution >= 0.6 is 0 Å². The minimum Gasteiger partial charge on any atom is -0.321 e. The molecule has 0 saturated carbocycles. The van der Waals surface area contributed by atoms with Gasteiger partial charge in [0.2, 0.25) is 0 Å². The van der Waals surface area contributed by atoms with E-state index in [0.29, 0.717) is 12.4 Å². The lowest BCUT2D eigenvalue weighted by Crippen LogP contribution is -2.20. The van der Waals surface area contributed by atoms with Crippen LogP contribution in [0.4, 0.5) is 8.78 Å². The number of halogens is 2. The molecule has 0 spiro atoms. The van der Waals surface area contributed by atoms with Gasteiger partial charge in [-0.1, -0.05) is 12.1 Å². The van der Waals surface area contributed by atoms with Crippen molar-refractivity contribution in [3.8, 4) is 0 Å². The van der Waals surface area contributed by atoms with E-state index in [1.807, 2.05) is 6.92 Å². The number of nitrogens with two attached hydrogens (primary N) is 1. The topological polar surface area (TPSA) is 56.7 Å². The Labute approximate surface area is 103 Å². The third-order valence-electron chi connectivity index (χ3n) is 2.75. The van der Waals surface area contributed by atoms with Crippen LogP contribution in [0.15, 0.2) is 24.5 Å². The molecule has 2 rings (SSSR count). The van der Waals surface area contributed by atoms with Crippen molar-refractivity contribution in [3.05, 3.63) is 47.5 Å². The fraction of sp³-hybridized carbons (Fsp3) is 0.333. The molecule has 2 aromatic rings. The SMILES string of the molecule is CCn1ncnc1C(N)Cc1cccc(F)c1F. The second-order valence-corrected chi connectivity index (χ2v) is 3.96. The lowest BCUT2D eigenvalue weighted by atomic mass is 10.1. The van der Waals surface area contributed by atoms with Gasteiger partial charge in [-0.25, -0.2) is 18.4 Å². The normalized spacial score (nSPS) is 12.7. The summed E-state index contributed by atoms with van der Waals surface area (Å²) in [6.45, 7) is 2.54. The summed E-state index contributed by atoms with van der Waals surface area (Å²) in [6, 6.07) is 3.55. The number of aryl methyl sites for hydroxylation is 1. The number of benzene rings is 1. The van der Waals surface area contributed by atoms with Gasteiger partial charge in [0.1, 0.15) is 12.2 Å². The molecule has 6 heteroatoms. The first-order chi connectivity index (χ1) is 8.63. The van der Waals surface area contributed by atoms with Crippen molar-refractivity contribution >= 4 is 0 Å². The number of nitrogens with zero attached hydrogens (tertiary/aromatic N) is 3. The van der Waals surface area contributed by atoms with Gasteiger partial charge >= 0.3 is 0 Å². The van der Waals surface area contributed by atoms with Crippen molar-refractivity contribution in [3.63, 3.8) is 0 Å². The standard InChI is InChI=1S/C12H14F2N4/c1-2-18-12(16-7-17-18)10(15)6-8-4-3-5-9(13)11(8)14/h3-5,7,10H,2,6,15H2,1H3. The Kier molecular flexibility index (Phi) is 3.66. The van der Waals surface area contributed by atoms with E-state index in [2.05, 4.69) is 10.1 Å². The predicted octanol–water partition coefficient (Wildman–Crippen LogP) is 1.82. The monoisotopic (exact) mass is 252 g/mol. The zero-order valence-electron chi connectivity index (χ0n) is 9.98. The summed E-state index contributed by atoms with van der Waals surface area (Å²) >= 11 is 0. The van der Waals surface area contributed by atoms with Gasteiger partial charge in [0.05, 0.1) is 6.04 Å². The Hall–Kier alpha value is -1.82. The molecule has 0 aliphatic carbocycles. The summed E-state index contributed by atoms with van der Waals surface area (Å²) in [6.07, 6.45) is 1.59. The Morgan fingerprint density at radius 1 is 1.39 bits per heavy atom. The van der Waals surface area contributed by atoms with Crippen LogP contribution in [0.2, 0.25) is 0 Å². The Bertz CT molecular complexity index is 539. The maximum Gasteiger partial charge on any atom is 0.162 e. The minimum atomic E-state index is -0.864. The van der Waals surface area contributed by atoms with Crippen molar-refractivity contribution in [2.75, 3.05) is 0 Å². The second-order valence-electron chi connectivity index (χ2n) is 3.96. The Morgan fingerprint density at radius 3 is 2.89 bits per heavy atom. The molecule has 1 unspecified atom stereocenters. The van der Waals surface area contributed by atoms with Crippen LogP contribution in [-0.2, 0) is 13.0 Å². The molecule has 1 atom stereocenters. The third kappa shape index (κ3) is 2.38. The van der Waals surface area contributed by atoms with Crippen molar-refractivity contribution < 1.29 is 8.78 Å². The molecule has 2 N–H and O–H groups in total. The third-order valence-corrected chi connectivity index (χ3v) is 2.75. The van der Waals surface area contributed by atoms with Crippen molar-refractivity contribution in [1.29, 1.82) is 0 Å². The molecule has 0 amide bonds. The van der Waals surface area contributed by atoms with Crippen LogP contribution in [0.5, 0.6) is 0 Å². The molecular weight excluding hydrogens is 238 g/mol. The highest BCUT2D eigenvalue weighted by Crippen LogP contribution is 2.18. The largest absolute Gasteiger partial charge is 0.321 e. The molecule has 0 radical (unpaired) electrons. The highest BCUT2D eigenvalue weighted by Gasteiger charge is 2.16. The van der Waals surface area contributed by atoms with Crippen molar-refractivity contribution in [1.82, 2.24) is 14.8 Å². The van der Waals surface area contributed by atoms with E-state index in [0.717, 1.165) is 6.07 Å². The van der Waals surface area contributed by atoms with Gasteiger partial charge in [0.25, 0.3) is 0 Å². The summed E-state index contributed by atoms with van der Waals surface area (Å²) in [5.74, 6) is -1.15. The molecule has 0 bridgehead atoms. The summed E-state index contributed by atoms with van der Waals surface area (Å²) in [5, 5.41) is 4.00. The van der Waals surface area contributed by atoms with E-state index in [1.54, 1.807) is 4.68 Å². The second kappa shape index (κ2) is 5.22. The van der Waals surface area contributed by atoms with E-state index in [4.69, 9.17) is 5.73 Å². The summed E-state index contributed by atoms with van der Waals surface area (Å²) in [5.41, 5.74) is 6.20. The fourth-order valence-electron chi connectivity index (χ4n) is 1.84. The average molecular weight is 252 g/mol. The average Bonchev–Trinajstić information content (AvgIpc) is 2.83. The molecule has 4 nitrogen and oxygen atoms in total. The molecular formula is C12H14F2N4. The lowest BCUT2D eigenvalue weighted by molar-refractivity contribution is 0.488. The van der Waals surface area contributed by atoms with E-state index in [1.165, 1.54) is 18.5 Å². The van der Waals surface area contributed by atoms with E-state index < -0.39 is 17.7 Å². The number of rotatable bonds is 4. The molecule has 1 aromatic carbocycles. The van der Waals surface area contributed by atoms with Gasteiger partial charge in [-0.05, 0) is 25.0 Å². The summed E-state index contributed by atoms with van der Waals surface area (Å²) in [7, 11) is 0. The number of aromatic nitrogens is 3. The van der Waals surface area contributed by atoms with Gasteiger partial charge in [0, 0.05) is 6.54 Å². The molecule has 96 valence electrons. The van der Waals surface area contributed by atoms with Crippen LogP contribution in [0.3, 0.4) is 0 Å². The summed E-state index contributed by atoms with van der Waals surface area (Å²) < 4.78 is 28.2. The van der Waals surface area contributed by atoms with Crippen LogP contribution in [0.25, 0.3) is 0 Å². The zero-order valence-corrected chi connectivity index (χ0v) is 9.98. The van der Waals surface area contributed by atoms with Gasteiger partial charge in [-0.15, -0.1) is 0 Å². The number of hydrogen-bond acceptors (Lipinski definition) is 3. The van der Waals surface area contributed by atoms with Crippen molar-refractivity contribution in [2.45, 2.75) is 25.9 Å². The highest BCUT2D eigenvalue weighted by atomic mass is 19.2. The van der Waals surface area contributed by atoms with Crippen LogP contribution in [-0.4, -0.2) is 14.8 Å². The van der Waals surface area contributed by atoms with E-state index in [-0.39, 0.29) is 12.0 Å². The highest BCUT2D eigenvalue weighted by molar-refractivity contribution is 5.20. The molecule has 1 heterocycles. The molecule has 0 fully saturated rings. The molecule has 1 aromatic heterocycles. The summed E-state index contributed by atoms with van der Waals surface area (Å²) in [4.78, 5) is 4.05. The van der Waals surface area contributed by atoms with E-state index >= 15 is 0 Å². The van der Waals surface area contributed by atoms with Gasteiger partial charge in [0.15, 0.2) is 11.6 Å². The Balaban J connectivity index is 2.21. The predicted molar refractivity (Wildman–Crippen MR) is 62.7 cm³/mol. The molecule has 18 heavy (non-hydrogen) atoms. The van der Waals surface area contributed by atoms with Crippen molar-refractivity contribution in [2.24, 2.45) is 5.73 Å². The molecule has 0 aliphatic heterocycles. The fourth-order valence-corrected chi connectivity index (χ4v) is 1.84. The minimum absolute atomic E-state index is 0.183. The first-order valence-electron chi connectivity index (χ1n) is 5.69. The maximum atomic E-state index is 13.5. The first kappa shape index (κ1) is 12.6.